The van der Waals surface area contributed by atoms with Crippen LogP contribution in [0, 0.1) is 13.8 Å². The average molecular weight is 625 g/mol. The molecule has 0 aromatic heterocycles. The maximum absolute atomic E-state index is 14.1. The zero-order valence-corrected chi connectivity index (χ0v) is 24.5. The normalized spacial score (nSPS) is 23.4. The zero-order chi connectivity index (χ0) is 32.9. The van der Waals surface area contributed by atoms with Crippen LogP contribution in [0.25, 0.3) is 11.1 Å². The molecule has 11 nitrogen and oxygen atoms in total. The fraction of sp³-hybridized carbons (Fsp3) is 0.229. The van der Waals surface area contributed by atoms with Crippen molar-refractivity contribution in [2.45, 2.75) is 44.2 Å². The topological polar surface area (TPSA) is 202 Å². The third-order valence-corrected chi connectivity index (χ3v) is 9.24. The summed E-state index contributed by atoms with van der Waals surface area (Å²) in [6.07, 6.45) is -5.76. The van der Waals surface area contributed by atoms with Crippen LogP contribution in [0.4, 0.5) is 0 Å². The Morgan fingerprint density at radius 3 is 2.07 bits per heavy atom. The van der Waals surface area contributed by atoms with Gasteiger partial charge in [-0.3, -0.25) is 14.4 Å². The minimum atomic E-state index is -1.61. The summed E-state index contributed by atoms with van der Waals surface area (Å²) in [5.41, 5.74) is 0.00736. The molecule has 0 radical (unpaired) electrons. The van der Waals surface area contributed by atoms with Crippen molar-refractivity contribution in [3.8, 4) is 34.1 Å². The number of ketones is 3. The predicted molar refractivity (Wildman–Crippen MR) is 161 cm³/mol. The largest absolute Gasteiger partial charge is 0.507 e. The Morgan fingerprint density at radius 1 is 0.630 bits per heavy atom. The smallest absolute Gasteiger partial charge is 0.201 e. The zero-order valence-electron chi connectivity index (χ0n) is 24.5. The highest BCUT2D eigenvalue weighted by Crippen LogP contribution is 2.51. The summed E-state index contributed by atoms with van der Waals surface area (Å²) in [4.78, 5) is 41.6. The molecule has 0 amide bonds. The van der Waals surface area contributed by atoms with Gasteiger partial charge < -0.3 is 40.5 Å². The van der Waals surface area contributed by atoms with Gasteiger partial charge in [0.2, 0.25) is 11.6 Å². The third-order valence-electron chi connectivity index (χ3n) is 9.24. The van der Waals surface area contributed by atoms with E-state index in [9.17, 15) is 50.1 Å². The van der Waals surface area contributed by atoms with Gasteiger partial charge in [0.05, 0.1) is 35.0 Å². The molecule has 2 aliphatic carbocycles. The third kappa shape index (κ3) is 3.96. The second-order valence-corrected chi connectivity index (χ2v) is 12.0. The predicted octanol–water partition coefficient (Wildman–Crippen LogP) is 2.73. The molecule has 46 heavy (non-hydrogen) atoms. The minimum Gasteiger partial charge on any atom is -0.507 e. The van der Waals surface area contributed by atoms with Gasteiger partial charge in [-0.1, -0.05) is 30.3 Å². The van der Waals surface area contributed by atoms with E-state index in [0.29, 0.717) is 5.56 Å². The number of hydrogen-bond donors (Lipinski definition) is 7. The number of carbonyl (C=O) groups is 3. The first-order valence-electron chi connectivity index (χ1n) is 14.5. The van der Waals surface area contributed by atoms with Gasteiger partial charge in [0.15, 0.2) is 5.78 Å². The number of aliphatic hydroxyl groups excluding tert-OH is 3. The van der Waals surface area contributed by atoms with Crippen molar-refractivity contribution in [2.24, 2.45) is 0 Å². The standard InChI is InChI=1S/C35H28O11/c1-12-8-17-23(35-34(45)31(42)21(39)11-46-35)14-6-7-16(29(40)26(14)32(43)25(17)19(37)9-12)22-13(2)10-20(38)27-28(22)30(41)15-4-3-5-18(36)24(15)33(27)44/h3-10,21,23,31,34-40,42,45H,11H2,1-2H3/t21-,23+,31-,34+,35-/m1/s1. The lowest BCUT2D eigenvalue weighted by atomic mass is 9.70. The molecular weight excluding hydrogens is 596 g/mol. The van der Waals surface area contributed by atoms with Crippen LogP contribution in [0.3, 0.4) is 0 Å². The average Bonchev–Trinajstić information content (AvgIpc) is 2.99. The van der Waals surface area contributed by atoms with E-state index in [1.165, 1.54) is 42.5 Å². The number of rotatable bonds is 2. The Hall–Kier alpha value is -5.07. The van der Waals surface area contributed by atoms with Crippen LogP contribution >= 0.6 is 0 Å². The van der Waals surface area contributed by atoms with Crippen LogP contribution in [-0.4, -0.2) is 84.1 Å². The van der Waals surface area contributed by atoms with Crippen molar-refractivity contribution in [1.29, 1.82) is 0 Å². The summed E-state index contributed by atoms with van der Waals surface area (Å²) in [6, 6.07) is 11.2. The number of phenols is 4. The van der Waals surface area contributed by atoms with Crippen LogP contribution in [0.15, 0.2) is 48.5 Å². The lowest BCUT2D eigenvalue weighted by molar-refractivity contribution is -0.190. The van der Waals surface area contributed by atoms with Gasteiger partial charge in [0, 0.05) is 28.2 Å². The number of carbonyl (C=O) groups excluding carboxylic acids is 3. The molecule has 11 heteroatoms. The molecule has 7 N–H and O–H groups in total. The van der Waals surface area contributed by atoms with Crippen LogP contribution in [0.2, 0.25) is 0 Å². The highest BCUT2D eigenvalue weighted by atomic mass is 16.5. The van der Waals surface area contributed by atoms with Crippen LogP contribution in [0.1, 0.15) is 75.9 Å². The van der Waals surface area contributed by atoms with Gasteiger partial charge in [-0.2, -0.15) is 0 Å². The van der Waals surface area contributed by atoms with Gasteiger partial charge in [-0.25, -0.2) is 0 Å². The summed E-state index contributed by atoms with van der Waals surface area (Å²) in [5, 5.41) is 75.7. The summed E-state index contributed by atoms with van der Waals surface area (Å²) in [5.74, 6) is -5.17. The molecule has 1 fully saturated rings. The van der Waals surface area contributed by atoms with E-state index >= 15 is 0 Å². The molecule has 7 rings (SSSR count). The first kappa shape index (κ1) is 29.6. The minimum absolute atomic E-state index is 0.0278. The van der Waals surface area contributed by atoms with Gasteiger partial charge in [-0.05, 0) is 54.3 Å². The molecule has 234 valence electrons. The van der Waals surface area contributed by atoms with Crippen LogP contribution in [0.5, 0.6) is 23.0 Å². The summed E-state index contributed by atoms with van der Waals surface area (Å²) in [7, 11) is 0. The maximum Gasteiger partial charge on any atom is 0.201 e. The molecule has 1 heterocycles. The summed E-state index contributed by atoms with van der Waals surface area (Å²) >= 11 is 0. The number of benzene rings is 4. The van der Waals surface area contributed by atoms with Gasteiger partial charge in [0.25, 0.3) is 0 Å². The molecule has 4 aromatic carbocycles. The number of aromatic hydroxyl groups is 4. The van der Waals surface area contributed by atoms with Crippen molar-refractivity contribution >= 4 is 17.3 Å². The van der Waals surface area contributed by atoms with Crippen molar-refractivity contribution in [3.05, 3.63) is 104 Å². The van der Waals surface area contributed by atoms with Crippen molar-refractivity contribution in [1.82, 2.24) is 0 Å². The number of fused-ring (bicyclic) bond motifs is 4. The number of aliphatic hydroxyl groups is 3. The lowest BCUT2D eigenvalue weighted by Gasteiger charge is -2.42. The van der Waals surface area contributed by atoms with Crippen molar-refractivity contribution in [2.75, 3.05) is 6.61 Å². The fourth-order valence-corrected chi connectivity index (χ4v) is 7.19. The van der Waals surface area contributed by atoms with E-state index in [4.69, 9.17) is 4.74 Å². The number of phenolic OH excluding ortho intramolecular Hbond substituents is 4. The molecule has 0 unspecified atom stereocenters. The summed E-state index contributed by atoms with van der Waals surface area (Å²) in [6.45, 7) is 2.92. The molecule has 1 saturated heterocycles. The van der Waals surface area contributed by atoms with Crippen LogP contribution in [-0.2, 0) is 4.74 Å². The summed E-state index contributed by atoms with van der Waals surface area (Å²) < 4.78 is 5.81. The van der Waals surface area contributed by atoms with E-state index in [2.05, 4.69) is 0 Å². The number of ether oxygens (including phenoxy) is 1. The number of aryl methyl sites for hydroxylation is 2. The Morgan fingerprint density at radius 2 is 1.33 bits per heavy atom. The van der Waals surface area contributed by atoms with Gasteiger partial charge in [0.1, 0.15) is 41.3 Å². The quantitative estimate of drug-likeness (QED) is 0.152. The SMILES string of the molecule is Cc1cc(O)c2c(c1)[C@@H]([C@H]1OC[C@@H](O)[C@@H](O)[C@@H]1O)c1ccc(-c3c(C)cc(O)c4c3C(=O)c3cccc(O)c3C4=O)c(O)c1C2=O. The molecule has 5 atom stereocenters. The molecule has 1 aliphatic heterocycles. The molecule has 0 saturated carbocycles. The van der Waals surface area contributed by atoms with Crippen LogP contribution < -0.4 is 0 Å². The maximum atomic E-state index is 14.1. The fourth-order valence-electron chi connectivity index (χ4n) is 7.19. The Balaban J connectivity index is 1.49. The lowest BCUT2D eigenvalue weighted by Crippen LogP contribution is -2.55. The second-order valence-electron chi connectivity index (χ2n) is 12.0. The van der Waals surface area contributed by atoms with Gasteiger partial charge in [-0.15, -0.1) is 0 Å². The van der Waals surface area contributed by atoms with E-state index in [1.54, 1.807) is 19.9 Å². The van der Waals surface area contributed by atoms with E-state index in [1.807, 2.05) is 0 Å². The first-order chi connectivity index (χ1) is 21.8. The first-order valence-corrected chi connectivity index (χ1v) is 14.5. The molecular formula is C35H28O11. The molecule has 0 bridgehead atoms. The highest BCUT2D eigenvalue weighted by Gasteiger charge is 2.48. The van der Waals surface area contributed by atoms with E-state index in [0.717, 1.165) is 0 Å². The Bertz CT molecular complexity index is 2050. The van der Waals surface area contributed by atoms with Crippen molar-refractivity contribution in [3.63, 3.8) is 0 Å². The monoisotopic (exact) mass is 624 g/mol. The van der Waals surface area contributed by atoms with E-state index < -0.39 is 64.9 Å². The van der Waals surface area contributed by atoms with E-state index in [-0.39, 0.29) is 73.6 Å². The Kier molecular flexibility index (Phi) is 6.59. The highest BCUT2D eigenvalue weighted by molar-refractivity contribution is 6.32. The van der Waals surface area contributed by atoms with Gasteiger partial charge >= 0.3 is 0 Å². The second kappa shape index (κ2) is 10.2. The number of hydrogen-bond acceptors (Lipinski definition) is 11. The molecule has 3 aliphatic rings. The Labute approximate surface area is 261 Å². The van der Waals surface area contributed by atoms with Crippen molar-refractivity contribution < 1.29 is 54.9 Å². The molecule has 4 aromatic rings. The molecule has 0 spiro atoms.